The van der Waals surface area contributed by atoms with E-state index < -0.39 is 0 Å². The predicted molar refractivity (Wildman–Crippen MR) is 139 cm³/mol. The van der Waals surface area contributed by atoms with Crippen LogP contribution in [0.3, 0.4) is 0 Å². The highest BCUT2D eigenvalue weighted by molar-refractivity contribution is 9.10. The predicted octanol–water partition coefficient (Wildman–Crippen LogP) is 8.02. The van der Waals surface area contributed by atoms with Crippen LogP contribution in [-0.2, 0) is 6.42 Å². The third kappa shape index (κ3) is 4.33. The summed E-state index contributed by atoms with van der Waals surface area (Å²) in [5.74, 6) is -0.468. The Balaban J connectivity index is 1.57. The van der Waals surface area contributed by atoms with Gasteiger partial charge in [-0.05, 0) is 67.1 Å². The third-order valence-electron chi connectivity index (χ3n) is 5.61. The molecule has 0 atom stereocenters. The molecule has 0 amide bonds. The van der Waals surface area contributed by atoms with E-state index in [1.807, 2.05) is 48.7 Å². The number of carbonyl (C=O) groups excluding carboxylic acids is 1. The van der Waals surface area contributed by atoms with Crippen LogP contribution in [0.5, 0.6) is 0 Å². The molecule has 0 aliphatic heterocycles. The first-order chi connectivity index (χ1) is 15.9. The van der Waals surface area contributed by atoms with Crippen molar-refractivity contribution < 1.29 is 9.18 Å². The van der Waals surface area contributed by atoms with E-state index in [0.717, 1.165) is 41.9 Å². The van der Waals surface area contributed by atoms with Crippen molar-refractivity contribution in [3.05, 3.63) is 109 Å². The lowest BCUT2D eigenvalue weighted by atomic mass is 10.1. The number of carbonyl (C=O) groups is 1. The van der Waals surface area contributed by atoms with Gasteiger partial charge in [0.15, 0.2) is 0 Å². The van der Waals surface area contributed by atoms with Crippen molar-refractivity contribution in [1.29, 1.82) is 0 Å². The number of aromatic nitrogens is 2. The summed E-state index contributed by atoms with van der Waals surface area (Å²) in [7, 11) is 0. The third-order valence-corrected chi connectivity index (χ3v) is 7.52. The van der Waals surface area contributed by atoms with Crippen LogP contribution in [0.2, 0.25) is 0 Å². The lowest BCUT2D eigenvalue weighted by molar-refractivity contribution is 0.0963. The zero-order valence-corrected chi connectivity index (χ0v) is 21.5. The summed E-state index contributed by atoms with van der Waals surface area (Å²) in [6.07, 6.45) is 0.521. The summed E-state index contributed by atoms with van der Waals surface area (Å²) in [5.41, 5.74) is 4.91. The van der Waals surface area contributed by atoms with Crippen molar-refractivity contribution in [3.8, 4) is 11.3 Å². The maximum atomic E-state index is 14.2. The molecule has 0 aliphatic rings. The van der Waals surface area contributed by atoms with E-state index in [4.69, 9.17) is 4.98 Å². The Morgan fingerprint density at radius 1 is 1.00 bits per heavy atom. The number of nitrogens with zero attached hydrogens (tertiary/aromatic N) is 2. The first-order valence-electron chi connectivity index (χ1n) is 10.2. The first kappa shape index (κ1) is 22.2. The average Bonchev–Trinajstić information content (AvgIpc) is 3.37. The van der Waals surface area contributed by atoms with E-state index in [1.165, 1.54) is 12.1 Å². The highest BCUT2D eigenvalue weighted by atomic mass is 79.9. The maximum Gasteiger partial charge on any atom is 0.262 e. The van der Waals surface area contributed by atoms with Gasteiger partial charge in [-0.3, -0.25) is 9.36 Å². The first-order valence-corrected chi connectivity index (χ1v) is 12.7. The number of fused-ring (bicyclic) bond motifs is 1. The van der Waals surface area contributed by atoms with E-state index in [0.29, 0.717) is 17.5 Å². The lowest BCUT2D eigenvalue weighted by Gasteiger charge is -2.08. The minimum atomic E-state index is -0.327. The Morgan fingerprint density at radius 3 is 2.36 bits per heavy atom. The minimum absolute atomic E-state index is 0.141. The van der Waals surface area contributed by atoms with Gasteiger partial charge in [0.2, 0.25) is 0 Å². The van der Waals surface area contributed by atoms with Crippen LogP contribution in [0, 0.1) is 12.7 Å². The summed E-state index contributed by atoms with van der Waals surface area (Å²) in [6, 6.07) is 19.8. The van der Waals surface area contributed by atoms with Gasteiger partial charge in [0.05, 0.1) is 16.2 Å². The van der Waals surface area contributed by atoms with Gasteiger partial charge in [0, 0.05) is 43.0 Å². The number of hydrogen-bond donors (Lipinski definition) is 0. The normalized spacial score (nSPS) is 11.3. The number of benzene rings is 3. The van der Waals surface area contributed by atoms with Gasteiger partial charge in [0.1, 0.15) is 5.82 Å². The smallest absolute Gasteiger partial charge is 0.262 e. The molecule has 0 spiro atoms. The molecule has 2 heterocycles. The monoisotopic (exact) mass is 582 g/mol. The molecule has 0 unspecified atom stereocenters. The Hall–Kier alpha value is -2.61. The number of rotatable bonds is 4. The van der Waals surface area contributed by atoms with Crippen molar-refractivity contribution in [1.82, 2.24) is 9.55 Å². The second-order valence-electron chi connectivity index (χ2n) is 7.68. The molecule has 0 radical (unpaired) electrons. The summed E-state index contributed by atoms with van der Waals surface area (Å²) in [5, 5.41) is 3.68. The van der Waals surface area contributed by atoms with Gasteiger partial charge in [0.25, 0.3) is 5.91 Å². The molecular formula is C26H17Br2FN2OS. The van der Waals surface area contributed by atoms with Gasteiger partial charge in [-0.1, -0.05) is 44.0 Å². The van der Waals surface area contributed by atoms with Gasteiger partial charge in [-0.2, -0.15) is 0 Å². The average molecular weight is 584 g/mol. The van der Waals surface area contributed by atoms with Crippen LogP contribution < -0.4 is 0 Å². The molecule has 3 nitrogen and oxygen atoms in total. The van der Waals surface area contributed by atoms with E-state index >= 15 is 0 Å². The van der Waals surface area contributed by atoms with Crippen LogP contribution >= 0.6 is 43.2 Å². The second-order valence-corrected chi connectivity index (χ2v) is 10.5. The molecule has 164 valence electrons. The minimum Gasteiger partial charge on any atom is -0.280 e. The molecule has 0 N–H and O–H groups in total. The second kappa shape index (κ2) is 8.97. The summed E-state index contributed by atoms with van der Waals surface area (Å²) in [6.45, 7) is 1.91. The lowest BCUT2D eigenvalue weighted by Crippen LogP contribution is -2.13. The van der Waals surface area contributed by atoms with Crippen molar-refractivity contribution in [2.75, 3.05) is 0 Å². The van der Waals surface area contributed by atoms with Crippen molar-refractivity contribution in [2.45, 2.75) is 13.3 Å². The van der Waals surface area contributed by atoms with Crippen molar-refractivity contribution >= 4 is 60.0 Å². The van der Waals surface area contributed by atoms with Crippen LogP contribution in [0.15, 0.2) is 81.1 Å². The number of hydrogen-bond acceptors (Lipinski definition) is 3. The van der Waals surface area contributed by atoms with E-state index in [2.05, 4.69) is 31.9 Å². The molecule has 0 saturated carbocycles. The Morgan fingerprint density at radius 2 is 1.67 bits per heavy atom. The highest BCUT2D eigenvalue weighted by Gasteiger charge is 2.21. The van der Waals surface area contributed by atoms with Crippen molar-refractivity contribution in [2.24, 2.45) is 0 Å². The molecule has 5 rings (SSSR count). The SMILES string of the molecule is Cc1c(Cc2nc(-c3ccc(Br)cc3)cs2)c2cc(F)ccc2n1C(=O)c1ccc(Br)cc1. The zero-order valence-electron chi connectivity index (χ0n) is 17.5. The van der Waals surface area contributed by atoms with Crippen LogP contribution in [-0.4, -0.2) is 15.5 Å². The molecule has 0 bridgehead atoms. The highest BCUT2D eigenvalue weighted by Crippen LogP contribution is 2.32. The summed E-state index contributed by atoms with van der Waals surface area (Å²) < 4.78 is 17.8. The maximum absolute atomic E-state index is 14.2. The zero-order chi connectivity index (χ0) is 23.1. The molecule has 0 saturated heterocycles. The van der Waals surface area contributed by atoms with Crippen LogP contribution in [0.25, 0.3) is 22.2 Å². The van der Waals surface area contributed by atoms with E-state index in [-0.39, 0.29) is 11.7 Å². The number of thiazole rings is 1. The molecule has 0 fully saturated rings. The number of halogens is 3. The quantitative estimate of drug-likeness (QED) is 0.215. The molecule has 2 aromatic heterocycles. The Bertz CT molecular complexity index is 1490. The van der Waals surface area contributed by atoms with Gasteiger partial charge in [-0.25, -0.2) is 9.37 Å². The molecule has 3 aromatic carbocycles. The van der Waals surface area contributed by atoms with E-state index in [1.54, 1.807) is 34.1 Å². The fourth-order valence-corrected chi connectivity index (χ4v) is 5.30. The summed E-state index contributed by atoms with van der Waals surface area (Å²) in [4.78, 5) is 18.2. The van der Waals surface area contributed by atoms with Crippen LogP contribution in [0.1, 0.15) is 26.6 Å². The van der Waals surface area contributed by atoms with Gasteiger partial charge < -0.3 is 0 Å². The molecule has 0 aliphatic carbocycles. The molecule has 33 heavy (non-hydrogen) atoms. The largest absolute Gasteiger partial charge is 0.280 e. The fraction of sp³-hybridized carbons (Fsp3) is 0.0769. The van der Waals surface area contributed by atoms with E-state index in [9.17, 15) is 9.18 Å². The van der Waals surface area contributed by atoms with Gasteiger partial charge in [-0.15, -0.1) is 11.3 Å². The molecule has 7 heteroatoms. The Kier molecular flexibility index (Phi) is 6.03. The van der Waals surface area contributed by atoms with Gasteiger partial charge >= 0.3 is 0 Å². The topological polar surface area (TPSA) is 34.9 Å². The Labute approximate surface area is 211 Å². The summed E-state index contributed by atoms with van der Waals surface area (Å²) >= 11 is 8.43. The standard InChI is InChI=1S/C26H17Br2FN2OS/c1-15-21(13-25-30-23(14-33-25)16-2-6-18(27)7-3-16)22-12-20(29)10-11-24(22)31(15)26(32)17-4-8-19(28)9-5-17/h2-12,14H,13H2,1H3. The van der Waals surface area contributed by atoms with Crippen molar-refractivity contribution in [3.63, 3.8) is 0 Å². The molecular weight excluding hydrogens is 567 g/mol. The fourth-order valence-electron chi connectivity index (χ4n) is 3.96. The van der Waals surface area contributed by atoms with Crippen LogP contribution in [0.4, 0.5) is 4.39 Å². The molecule has 5 aromatic rings.